The third kappa shape index (κ3) is 6.01. The Morgan fingerprint density at radius 2 is 1.70 bits per heavy atom. The maximum Gasteiger partial charge on any atom is 0.416 e. The summed E-state index contributed by atoms with van der Waals surface area (Å²) in [5.41, 5.74) is -3.63. The van der Waals surface area contributed by atoms with Gasteiger partial charge in [0, 0.05) is 26.2 Å². The van der Waals surface area contributed by atoms with E-state index in [1.165, 1.54) is 0 Å². The van der Waals surface area contributed by atoms with Gasteiger partial charge >= 0.3 is 12.4 Å². The molecule has 184 valence electrons. The molecule has 2 saturated heterocycles. The molecule has 1 aromatic carbocycles. The van der Waals surface area contributed by atoms with E-state index in [2.05, 4.69) is 10.2 Å². The van der Waals surface area contributed by atoms with E-state index in [-0.39, 0.29) is 24.1 Å². The first-order valence-corrected chi connectivity index (χ1v) is 11.3. The van der Waals surface area contributed by atoms with Gasteiger partial charge in [-0.25, -0.2) is 0 Å². The molecule has 10 heteroatoms. The molecule has 2 aliphatic heterocycles. The number of nitrogens with zero attached hydrogens (tertiary/aromatic N) is 1. The van der Waals surface area contributed by atoms with E-state index in [0.717, 1.165) is 39.0 Å². The van der Waals surface area contributed by atoms with Crippen molar-refractivity contribution >= 4 is 5.91 Å². The van der Waals surface area contributed by atoms with Crippen LogP contribution in [0.4, 0.5) is 26.3 Å². The molecular formula is C23H28F6N2O2. The second-order valence-corrected chi connectivity index (χ2v) is 9.74. The monoisotopic (exact) mass is 478 g/mol. The number of amides is 1. The van der Waals surface area contributed by atoms with Gasteiger partial charge in [0.15, 0.2) is 0 Å². The Bertz CT molecular complexity index is 829. The van der Waals surface area contributed by atoms with Crippen LogP contribution in [0.2, 0.25) is 0 Å². The van der Waals surface area contributed by atoms with Crippen LogP contribution in [0.25, 0.3) is 0 Å². The molecule has 1 saturated carbocycles. The van der Waals surface area contributed by atoms with Crippen LogP contribution in [0.15, 0.2) is 18.2 Å². The molecule has 1 aromatic rings. The van der Waals surface area contributed by atoms with Crippen LogP contribution >= 0.6 is 0 Å². The molecule has 4 rings (SSSR count). The molecule has 3 fully saturated rings. The first-order valence-electron chi connectivity index (χ1n) is 11.3. The normalized spacial score (nSPS) is 26.7. The highest BCUT2D eigenvalue weighted by molar-refractivity contribution is 5.83. The first kappa shape index (κ1) is 24.3. The number of carbonyl (C=O) groups excluding carboxylic acids is 1. The van der Waals surface area contributed by atoms with Crippen LogP contribution in [-0.4, -0.2) is 43.7 Å². The molecule has 0 aromatic heterocycles. The van der Waals surface area contributed by atoms with Crippen LogP contribution in [-0.2, 0) is 28.4 Å². The Kier molecular flexibility index (Phi) is 6.70. The molecule has 2 heterocycles. The van der Waals surface area contributed by atoms with Crippen molar-refractivity contribution in [2.24, 2.45) is 17.3 Å². The zero-order valence-corrected chi connectivity index (χ0v) is 18.2. The van der Waals surface area contributed by atoms with E-state index in [9.17, 15) is 31.1 Å². The van der Waals surface area contributed by atoms with Gasteiger partial charge in [-0.2, -0.15) is 26.3 Å². The number of likely N-dealkylation sites (tertiary alicyclic amines) is 1. The van der Waals surface area contributed by atoms with Gasteiger partial charge in [-0.05, 0) is 61.4 Å². The summed E-state index contributed by atoms with van der Waals surface area (Å²) in [7, 11) is 0. The van der Waals surface area contributed by atoms with Crippen molar-refractivity contribution in [1.82, 2.24) is 10.2 Å². The highest BCUT2D eigenvalue weighted by Gasteiger charge is 2.48. The number of benzene rings is 1. The van der Waals surface area contributed by atoms with E-state index in [1.807, 2.05) is 0 Å². The topological polar surface area (TPSA) is 41.6 Å². The summed E-state index contributed by atoms with van der Waals surface area (Å²) >= 11 is 0. The number of hydrogen-bond acceptors (Lipinski definition) is 3. The zero-order chi connectivity index (χ0) is 23.9. The lowest BCUT2D eigenvalue weighted by molar-refractivity contribution is -0.143. The Hall–Kier alpha value is -1.81. The molecule has 2 atom stereocenters. The zero-order valence-electron chi connectivity index (χ0n) is 18.2. The van der Waals surface area contributed by atoms with Crippen molar-refractivity contribution in [3.05, 3.63) is 34.9 Å². The maximum atomic E-state index is 13.2. The van der Waals surface area contributed by atoms with Gasteiger partial charge in [0.2, 0.25) is 5.91 Å². The van der Waals surface area contributed by atoms with Gasteiger partial charge in [0.25, 0.3) is 0 Å². The van der Waals surface area contributed by atoms with E-state index in [0.29, 0.717) is 50.0 Å². The standard InChI is InChI=1S/C23H28F6N2O2/c24-22(25,26)18-7-17(8-19(9-18)23(27,28)29)11-30-20(32)21(10-15-1-2-15)4-5-31(14-21)12-16-3-6-33-13-16/h7-9,15-16H,1-6,10-14H2,(H,30,32). The Morgan fingerprint density at radius 3 is 2.24 bits per heavy atom. The van der Waals surface area contributed by atoms with Crippen molar-refractivity contribution in [1.29, 1.82) is 0 Å². The largest absolute Gasteiger partial charge is 0.416 e. The number of halogens is 6. The van der Waals surface area contributed by atoms with Crippen LogP contribution in [0, 0.1) is 17.3 Å². The molecule has 1 amide bonds. The second-order valence-electron chi connectivity index (χ2n) is 9.74. The lowest BCUT2D eigenvalue weighted by atomic mass is 9.80. The molecule has 4 nitrogen and oxygen atoms in total. The SMILES string of the molecule is O=C(NCc1cc(C(F)(F)F)cc(C(F)(F)F)c1)C1(CC2CC2)CCN(CC2CCOC2)C1. The molecule has 33 heavy (non-hydrogen) atoms. The average Bonchev–Trinajstić information content (AvgIpc) is 3.21. The van der Waals surface area contributed by atoms with Crippen LogP contribution in [0.5, 0.6) is 0 Å². The minimum atomic E-state index is -4.91. The van der Waals surface area contributed by atoms with Gasteiger partial charge in [-0.3, -0.25) is 4.79 Å². The molecule has 0 spiro atoms. The number of carbonyl (C=O) groups is 1. The molecule has 0 radical (unpaired) electrons. The van der Waals surface area contributed by atoms with Crippen molar-refractivity contribution in [3.8, 4) is 0 Å². The third-order valence-electron chi connectivity index (χ3n) is 6.93. The molecule has 1 N–H and O–H groups in total. The fourth-order valence-electron chi connectivity index (χ4n) is 5.02. The molecule has 3 aliphatic rings. The summed E-state index contributed by atoms with van der Waals surface area (Å²) in [6.45, 7) is 3.20. The minimum Gasteiger partial charge on any atom is -0.381 e. The lowest BCUT2D eigenvalue weighted by Gasteiger charge is -2.29. The van der Waals surface area contributed by atoms with Crippen LogP contribution < -0.4 is 5.32 Å². The molecule has 2 unspecified atom stereocenters. The van der Waals surface area contributed by atoms with Crippen molar-refractivity contribution < 1.29 is 35.9 Å². The predicted molar refractivity (Wildman–Crippen MR) is 108 cm³/mol. The summed E-state index contributed by atoms with van der Waals surface area (Å²) in [5.74, 6) is 0.595. The number of alkyl halides is 6. The van der Waals surface area contributed by atoms with Gasteiger partial charge in [-0.1, -0.05) is 12.8 Å². The Morgan fingerprint density at radius 1 is 1.03 bits per heavy atom. The van der Waals surface area contributed by atoms with Gasteiger partial charge in [-0.15, -0.1) is 0 Å². The summed E-state index contributed by atoms with van der Waals surface area (Å²) in [5, 5.41) is 2.66. The summed E-state index contributed by atoms with van der Waals surface area (Å²) in [6, 6.07) is 1.44. The fourth-order valence-corrected chi connectivity index (χ4v) is 5.02. The highest BCUT2D eigenvalue weighted by atomic mass is 19.4. The number of nitrogens with one attached hydrogen (secondary N) is 1. The fraction of sp³-hybridized carbons (Fsp3) is 0.696. The van der Waals surface area contributed by atoms with Crippen molar-refractivity contribution in [2.45, 2.75) is 51.0 Å². The van der Waals surface area contributed by atoms with E-state index < -0.39 is 28.9 Å². The molecule has 1 aliphatic carbocycles. The Labute approximate surface area is 188 Å². The predicted octanol–water partition coefficient (Wildman–Crippen LogP) is 4.87. The van der Waals surface area contributed by atoms with E-state index in [4.69, 9.17) is 4.74 Å². The maximum absolute atomic E-state index is 13.2. The third-order valence-corrected chi connectivity index (χ3v) is 6.93. The summed E-state index contributed by atoms with van der Waals surface area (Å²) < 4.78 is 84.2. The average molecular weight is 478 g/mol. The van der Waals surface area contributed by atoms with E-state index >= 15 is 0 Å². The van der Waals surface area contributed by atoms with Gasteiger partial charge in [0.1, 0.15) is 0 Å². The summed E-state index contributed by atoms with van der Waals surface area (Å²) in [4.78, 5) is 15.5. The number of ether oxygens (including phenoxy) is 1. The summed E-state index contributed by atoms with van der Waals surface area (Å²) in [6.07, 6.45) is -5.41. The smallest absolute Gasteiger partial charge is 0.381 e. The quantitative estimate of drug-likeness (QED) is 0.569. The van der Waals surface area contributed by atoms with Crippen LogP contribution in [0.1, 0.15) is 48.8 Å². The first-order chi connectivity index (χ1) is 15.4. The Balaban J connectivity index is 1.46. The number of rotatable bonds is 7. The van der Waals surface area contributed by atoms with Crippen molar-refractivity contribution in [2.75, 3.05) is 32.8 Å². The lowest BCUT2D eigenvalue weighted by Crippen LogP contribution is -2.43. The van der Waals surface area contributed by atoms with Gasteiger partial charge < -0.3 is 15.0 Å². The minimum absolute atomic E-state index is 0.0987. The second kappa shape index (κ2) is 9.09. The van der Waals surface area contributed by atoms with Crippen LogP contribution in [0.3, 0.4) is 0 Å². The van der Waals surface area contributed by atoms with E-state index in [1.54, 1.807) is 0 Å². The number of hydrogen-bond donors (Lipinski definition) is 1. The highest BCUT2D eigenvalue weighted by Crippen LogP contribution is 2.45. The molecular weight excluding hydrogens is 450 g/mol. The van der Waals surface area contributed by atoms with Gasteiger partial charge in [0.05, 0.1) is 23.1 Å². The molecule has 0 bridgehead atoms. The van der Waals surface area contributed by atoms with Crippen molar-refractivity contribution in [3.63, 3.8) is 0 Å².